The summed E-state index contributed by atoms with van der Waals surface area (Å²) in [5.41, 5.74) is 0.881. The van der Waals surface area contributed by atoms with E-state index in [4.69, 9.17) is 16.7 Å². The smallest absolute Gasteiger partial charge is 0.338 e. The summed E-state index contributed by atoms with van der Waals surface area (Å²) in [6.07, 6.45) is 5.79. The van der Waals surface area contributed by atoms with Crippen LogP contribution in [0.5, 0.6) is 0 Å². The molecule has 9 nitrogen and oxygen atoms in total. The molecule has 11 heteroatoms. The number of halogens is 2. The van der Waals surface area contributed by atoms with Gasteiger partial charge in [-0.1, -0.05) is 17.7 Å². The quantitative estimate of drug-likeness (QED) is 0.504. The highest BCUT2D eigenvalue weighted by atomic mass is 35.5. The van der Waals surface area contributed by atoms with E-state index in [1.807, 2.05) is 0 Å². The Morgan fingerprint density at radius 1 is 1.30 bits per heavy atom. The Kier molecular flexibility index (Phi) is 4.17. The highest BCUT2D eigenvalue weighted by Crippen LogP contribution is 2.44. The van der Waals surface area contributed by atoms with Gasteiger partial charge in [0.1, 0.15) is 11.3 Å². The van der Waals surface area contributed by atoms with Gasteiger partial charge in [0.15, 0.2) is 5.52 Å². The lowest BCUT2D eigenvalue weighted by atomic mass is 10.0. The molecule has 5 rings (SSSR count). The van der Waals surface area contributed by atoms with E-state index in [1.165, 1.54) is 23.1 Å². The number of aromatic amines is 1. The number of hydrogen-bond acceptors (Lipinski definition) is 5. The lowest BCUT2D eigenvalue weighted by Crippen LogP contribution is -2.21. The third-order valence-electron chi connectivity index (χ3n) is 5.11. The molecular weight excluding hydrogens is 415 g/mol. The van der Waals surface area contributed by atoms with Crippen molar-refractivity contribution in [1.29, 1.82) is 0 Å². The first-order chi connectivity index (χ1) is 14.4. The molecule has 1 aliphatic carbocycles. The van der Waals surface area contributed by atoms with E-state index in [0.29, 0.717) is 5.52 Å². The van der Waals surface area contributed by atoms with Crippen LogP contribution in [0.4, 0.5) is 4.39 Å². The highest BCUT2D eigenvalue weighted by molar-refractivity contribution is 6.30. The van der Waals surface area contributed by atoms with Crippen molar-refractivity contribution >= 4 is 28.6 Å². The fourth-order valence-corrected chi connectivity index (χ4v) is 3.74. The average Bonchev–Trinajstić information content (AvgIpc) is 3.24. The zero-order valence-electron chi connectivity index (χ0n) is 15.3. The molecule has 30 heavy (non-hydrogen) atoms. The Morgan fingerprint density at radius 2 is 2.10 bits per heavy atom. The van der Waals surface area contributed by atoms with Crippen LogP contribution in [-0.2, 0) is 0 Å². The molecule has 0 bridgehead atoms. The standard InChI is InChI=1S/C19H14ClFN6O3/c20-12-5-10(3-4-13(12)21)15(9-1-2-9)27-16-14(7-23-27)24-19(25-17(16)28)26-8-11(6-22-26)18(29)30/h3-9,15H,1-2H2,(H,29,30)(H,24,25,28). The summed E-state index contributed by atoms with van der Waals surface area (Å²) in [4.78, 5) is 31.0. The minimum Gasteiger partial charge on any atom is -0.478 e. The molecule has 1 unspecified atom stereocenters. The van der Waals surface area contributed by atoms with E-state index >= 15 is 0 Å². The van der Waals surface area contributed by atoms with Gasteiger partial charge in [-0.15, -0.1) is 0 Å². The van der Waals surface area contributed by atoms with Gasteiger partial charge in [-0.2, -0.15) is 10.2 Å². The maximum absolute atomic E-state index is 13.6. The number of fused-ring (bicyclic) bond motifs is 1. The van der Waals surface area contributed by atoms with Crippen molar-refractivity contribution in [1.82, 2.24) is 29.5 Å². The predicted octanol–water partition coefficient (Wildman–Crippen LogP) is 2.80. The third-order valence-corrected chi connectivity index (χ3v) is 5.40. The molecule has 0 aliphatic heterocycles. The summed E-state index contributed by atoms with van der Waals surface area (Å²) < 4.78 is 16.4. The fraction of sp³-hybridized carbons (Fsp3) is 0.211. The van der Waals surface area contributed by atoms with E-state index in [-0.39, 0.29) is 34.0 Å². The van der Waals surface area contributed by atoms with Gasteiger partial charge in [0.2, 0.25) is 5.95 Å². The second-order valence-corrected chi connectivity index (χ2v) is 7.55. The van der Waals surface area contributed by atoms with Crippen LogP contribution < -0.4 is 5.56 Å². The molecule has 1 saturated carbocycles. The first-order valence-electron chi connectivity index (χ1n) is 9.13. The molecular formula is C19H14ClFN6O3. The lowest BCUT2D eigenvalue weighted by molar-refractivity contribution is 0.0697. The monoisotopic (exact) mass is 428 g/mol. The summed E-state index contributed by atoms with van der Waals surface area (Å²) in [6.45, 7) is 0. The van der Waals surface area contributed by atoms with E-state index in [0.717, 1.165) is 24.6 Å². The normalized spacial score (nSPS) is 14.9. The van der Waals surface area contributed by atoms with Gasteiger partial charge in [0.05, 0.1) is 29.0 Å². The molecule has 3 aromatic heterocycles. The van der Waals surface area contributed by atoms with Gasteiger partial charge in [-0.05, 0) is 36.5 Å². The van der Waals surface area contributed by atoms with Crippen molar-refractivity contribution in [2.75, 3.05) is 0 Å². The van der Waals surface area contributed by atoms with Crippen molar-refractivity contribution < 1.29 is 14.3 Å². The van der Waals surface area contributed by atoms with E-state index in [1.54, 1.807) is 16.8 Å². The van der Waals surface area contributed by atoms with Crippen LogP contribution in [0.15, 0.2) is 41.6 Å². The topological polar surface area (TPSA) is 119 Å². The molecule has 1 atom stereocenters. The number of benzene rings is 1. The van der Waals surface area contributed by atoms with Crippen LogP contribution in [0.1, 0.15) is 34.8 Å². The third kappa shape index (κ3) is 3.05. The summed E-state index contributed by atoms with van der Waals surface area (Å²) in [5, 5.41) is 17.4. The van der Waals surface area contributed by atoms with Gasteiger partial charge in [0.25, 0.3) is 5.56 Å². The fourth-order valence-electron chi connectivity index (χ4n) is 3.55. The van der Waals surface area contributed by atoms with Crippen LogP contribution in [0.25, 0.3) is 17.0 Å². The summed E-state index contributed by atoms with van der Waals surface area (Å²) in [6, 6.07) is 4.22. The van der Waals surface area contributed by atoms with Crippen LogP contribution in [0, 0.1) is 11.7 Å². The molecule has 1 aliphatic rings. The molecule has 4 aromatic rings. The number of carboxylic acids is 1. The molecule has 152 valence electrons. The number of nitrogens with one attached hydrogen (secondary N) is 1. The van der Waals surface area contributed by atoms with Gasteiger partial charge < -0.3 is 5.11 Å². The average molecular weight is 429 g/mol. The predicted molar refractivity (Wildman–Crippen MR) is 105 cm³/mol. The maximum atomic E-state index is 13.6. The van der Waals surface area contributed by atoms with Crippen molar-refractivity contribution in [2.45, 2.75) is 18.9 Å². The number of carbonyl (C=O) groups is 1. The number of hydrogen-bond donors (Lipinski definition) is 2. The van der Waals surface area contributed by atoms with E-state index < -0.39 is 17.3 Å². The number of carboxylic acid groups (broad SMARTS) is 1. The highest BCUT2D eigenvalue weighted by Gasteiger charge is 2.36. The first-order valence-corrected chi connectivity index (χ1v) is 9.51. The number of aromatic carboxylic acids is 1. The second kappa shape index (κ2) is 6.77. The largest absolute Gasteiger partial charge is 0.478 e. The van der Waals surface area contributed by atoms with Crippen LogP contribution in [-0.4, -0.2) is 40.6 Å². The van der Waals surface area contributed by atoms with Crippen molar-refractivity contribution in [3.05, 3.63) is 69.1 Å². The zero-order chi connectivity index (χ0) is 21.0. The maximum Gasteiger partial charge on any atom is 0.338 e. The molecule has 0 radical (unpaired) electrons. The molecule has 0 saturated heterocycles. The molecule has 0 amide bonds. The van der Waals surface area contributed by atoms with Crippen molar-refractivity contribution in [2.24, 2.45) is 5.92 Å². The zero-order valence-corrected chi connectivity index (χ0v) is 16.0. The molecule has 1 aromatic carbocycles. The van der Waals surface area contributed by atoms with E-state index in [2.05, 4.69) is 20.2 Å². The second-order valence-electron chi connectivity index (χ2n) is 7.15. The number of nitrogens with zero attached hydrogens (tertiary/aromatic N) is 5. The summed E-state index contributed by atoms with van der Waals surface area (Å²) in [7, 11) is 0. The van der Waals surface area contributed by atoms with Gasteiger partial charge in [-0.25, -0.2) is 23.5 Å². The van der Waals surface area contributed by atoms with Crippen LogP contribution in [0.3, 0.4) is 0 Å². The Bertz CT molecular complexity index is 1360. The van der Waals surface area contributed by atoms with E-state index in [9.17, 15) is 14.0 Å². The first kappa shape index (κ1) is 18.5. The van der Waals surface area contributed by atoms with Crippen LogP contribution >= 0.6 is 11.6 Å². The minimum atomic E-state index is -1.14. The van der Waals surface area contributed by atoms with Gasteiger partial charge in [0, 0.05) is 6.20 Å². The summed E-state index contributed by atoms with van der Waals surface area (Å²) >= 11 is 5.97. The van der Waals surface area contributed by atoms with Crippen LogP contribution in [0.2, 0.25) is 5.02 Å². The Morgan fingerprint density at radius 3 is 2.77 bits per heavy atom. The number of H-pyrrole nitrogens is 1. The molecule has 0 spiro atoms. The SMILES string of the molecule is O=C(O)c1cnn(-c2nc3cnn(C(c4ccc(F)c(Cl)c4)C4CC4)c3c(=O)[nH]2)c1. The molecule has 1 fully saturated rings. The Labute approximate surface area is 172 Å². The van der Waals surface area contributed by atoms with Crippen molar-refractivity contribution in [3.63, 3.8) is 0 Å². The van der Waals surface area contributed by atoms with Gasteiger partial charge in [-0.3, -0.25) is 9.78 Å². The minimum absolute atomic E-state index is 0.0110. The summed E-state index contributed by atoms with van der Waals surface area (Å²) in [5.74, 6) is -1.32. The van der Waals surface area contributed by atoms with Gasteiger partial charge >= 0.3 is 5.97 Å². The molecule has 2 N–H and O–H groups in total. The number of rotatable bonds is 5. The Hall–Kier alpha value is -3.53. The number of aromatic nitrogens is 6. The Balaban J connectivity index is 1.62. The van der Waals surface area contributed by atoms with Crippen molar-refractivity contribution in [3.8, 4) is 5.95 Å². The molecule has 3 heterocycles. The lowest BCUT2D eigenvalue weighted by Gasteiger charge is -2.18.